The van der Waals surface area contributed by atoms with Gasteiger partial charge in [0, 0.05) is 0 Å². The molecule has 124 valence electrons. The molecule has 0 unspecified atom stereocenters. The highest BCUT2D eigenvalue weighted by atomic mass is 16.5. The van der Waals surface area contributed by atoms with Crippen LogP contribution >= 0.6 is 0 Å². The van der Waals surface area contributed by atoms with E-state index in [0.717, 1.165) is 0 Å². The molecule has 0 aliphatic carbocycles. The van der Waals surface area contributed by atoms with Gasteiger partial charge in [0.25, 0.3) is 0 Å². The van der Waals surface area contributed by atoms with Crippen molar-refractivity contribution >= 4 is 0 Å². The number of allylic oxidation sites excluding steroid dienone is 2. The van der Waals surface area contributed by atoms with Gasteiger partial charge in [-0.25, -0.2) is 0 Å². The van der Waals surface area contributed by atoms with Gasteiger partial charge in [-0.05, 0) is 32.8 Å². The van der Waals surface area contributed by atoms with Crippen LogP contribution in [0.2, 0.25) is 0 Å². The Bertz CT molecular complexity index is 323. The van der Waals surface area contributed by atoms with Crippen molar-refractivity contribution in [1.82, 2.24) is 0 Å². The van der Waals surface area contributed by atoms with Crippen molar-refractivity contribution < 1.29 is 4.74 Å². The molecule has 0 aromatic heterocycles. The van der Waals surface area contributed by atoms with E-state index in [1.54, 1.807) is 0 Å². The molecule has 0 aliphatic heterocycles. The molecule has 0 aliphatic rings. The summed E-state index contributed by atoms with van der Waals surface area (Å²) in [4.78, 5) is 0. The van der Waals surface area contributed by atoms with Crippen LogP contribution in [-0.2, 0) is 4.74 Å². The van der Waals surface area contributed by atoms with E-state index in [4.69, 9.17) is 4.74 Å². The van der Waals surface area contributed by atoms with Gasteiger partial charge in [0.15, 0.2) is 0 Å². The fraction of sp³-hybridized carbons (Fsp3) is 0.800. The van der Waals surface area contributed by atoms with Crippen LogP contribution in [0.1, 0.15) is 83.1 Å². The SMILES string of the molecule is CC(C)(C)C(=COC=C(C(C)(C)C)C(C)(C)C)C(C)(C)C. The van der Waals surface area contributed by atoms with Crippen molar-refractivity contribution in [1.29, 1.82) is 0 Å². The molecule has 0 heterocycles. The molecule has 0 N–H and O–H groups in total. The van der Waals surface area contributed by atoms with Gasteiger partial charge in [0.1, 0.15) is 0 Å². The minimum absolute atomic E-state index is 0.107. The summed E-state index contributed by atoms with van der Waals surface area (Å²) in [5.41, 5.74) is 3.08. The van der Waals surface area contributed by atoms with Gasteiger partial charge in [-0.1, -0.05) is 83.1 Å². The fourth-order valence-corrected chi connectivity index (χ4v) is 3.13. The first-order valence-electron chi connectivity index (χ1n) is 8.05. The maximum Gasteiger partial charge on any atom is 0.0903 e. The minimum Gasteiger partial charge on any atom is -0.473 e. The van der Waals surface area contributed by atoms with Gasteiger partial charge >= 0.3 is 0 Å². The lowest BCUT2D eigenvalue weighted by molar-refractivity contribution is 0.290. The third-order valence-corrected chi connectivity index (χ3v) is 3.60. The first-order valence-corrected chi connectivity index (χ1v) is 8.05. The zero-order chi connectivity index (χ0) is 17.3. The van der Waals surface area contributed by atoms with E-state index in [1.165, 1.54) is 11.1 Å². The Labute approximate surface area is 133 Å². The van der Waals surface area contributed by atoms with Gasteiger partial charge < -0.3 is 4.74 Å². The van der Waals surface area contributed by atoms with E-state index in [0.29, 0.717) is 0 Å². The number of rotatable bonds is 2. The van der Waals surface area contributed by atoms with E-state index in [9.17, 15) is 0 Å². The van der Waals surface area contributed by atoms with Gasteiger partial charge in [0.2, 0.25) is 0 Å². The lowest BCUT2D eigenvalue weighted by Gasteiger charge is -2.34. The van der Waals surface area contributed by atoms with E-state index in [-0.39, 0.29) is 21.7 Å². The van der Waals surface area contributed by atoms with E-state index >= 15 is 0 Å². The van der Waals surface area contributed by atoms with Crippen molar-refractivity contribution in [2.75, 3.05) is 0 Å². The monoisotopic (exact) mass is 294 g/mol. The highest BCUT2D eigenvalue weighted by Crippen LogP contribution is 2.41. The van der Waals surface area contributed by atoms with Gasteiger partial charge in [0.05, 0.1) is 12.5 Å². The van der Waals surface area contributed by atoms with E-state index < -0.39 is 0 Å². The Hall–Kier alpha value is -0.720. The Kier molecular flexibility index (Phi) is 5.97. The largest absolute Gasteiger partial charge is 0.473 e. The molecule has 0 aromatic rings. The molecule has 1 heteroatoms. The summed E-state index contributed by atoms with van der Waals surface area (Å²) >= 11 is 0. The molecule has 0 aromatic carbocycles. The van der Waals surface area contributed by atoms with Crippen molar-refractivity contribution in [3.63, 3.8) is 0 Å². The second kappa shape index (κ2) is 6.18. The second-order valence-electron chi connectivity index (χ2n) is 10.2. The molecule has 0 spiro atoms. The molecule has 0 atom stereocenters. The maximum absolute atomic E-state index is 5.94. The second-order valence-corrected chi connectivity index (χ2v) is 10.2. The molecule has 21 heavy (non-hydrogen) atoms. The lowest BCUT2D eigenvalue weighted by Crippen LogP contribution is -2.23. The van der Waals surface area contributed by atoms with Gasteiger partial charge in [-0.2, -0.15) is 0 Å². The fourth-order valence-electron chi connectivity index (χ4n) is 3.13. The zero-order valence-electron chi connectivity index (χ0n) is 16.6. The van der Waals surface area contributed by atoms with Crippen LogP contribution in [-0.4, -0.2) is 0 Å². The van der Waals surface area contributed by atoms with E-state index in [1.807, 2.05) is 12.5 Å². The third kappa shape index (κ3) is 6.72. The number of ether oxygens (including phenoxy) is 1. The molecule has 1 nitrogen and oxygen atoms in total. The molecule has 0 amide bonds. The van der Waals surface area contributed by atoms with Crippen LogP contribution in [0.4, 0.5) is 0 Å². The normalized spacial score (nSPS) is 13.7. The lowest BCUT2D eigenvalue weighted by atomic mass is 9.72. The van der Waals surface area contributed by atoms with Crippen LogP contribution in [0.15, 0.2) is 23.7 Å². The smallest absolute Gasteiger partial charge is 0.0903 e. The number of hydrogen-bond acceptors (Lipinski definition) is 1. The maximum atomic E-state index is 5.94. The molecule has 0 rings (SSSR count). The van der Waals surface area contributed by atoms with Crippen LogP contribution in [0.25, 0.3) is 0 Å². The first kappa shape index (κ1) is 20.3. The van der Waals surface area contributed by atoms with Crippen molar-refractivity contribution in [2.45, 2.75) is 83.1 Å². The van der Waals surface area contributed by atoms with Crippen molar-refractivity contribution in [3.8, 4) is 0 Å². The van der Waals surface area contributed by atoms with Crippen LogP contribution in [0.5, 0.6) is 0 Å². The Morgan fingerprint density at radius 3 is 0.810 bits per heavy atom. The summed E-state index contributed by atoms with van der Waals surface area (Å²) in [6.45, 7) is 26.9. The predicted molar refractivity (Wildman–Crippen MR) is 95.1 cm³/mol. The summed E-state index contributed by atoms with van der Waals surface area (Å²) in [5.74, 6) is 0. The third-order valence-electron chi connectivity index (χ3n) is 3.60. The molecular formula is C20H38O. The summed E-state index contributed by atoms with van der Waals surface area (Å²) in [7, 11) is 0. The first-order chi connectivity index (χ1) is 8.97. The molecule has 0 saturated carbocycles. The average molecular weight is 295 g/mol. The standard InChI is InChI=1S/C20H38O/c1-17(2,3)15(18(4,5)6)13-21-14-16(19(7,8)9)20(10,11)12/h13-14H,1-12H3. The minimum atomic E-state index is 0.107. The molecule has 0 fully saturated rings. The zero-order valence-corrected chi connectivity index (χ0v) is 16.6. The Balaban J connectivity index is 5.54. The van der Waals surface area contributed by atoms with E-state index in [2.05, 4.69) is 83.1 Å². The topological polar surface area (TPSA) is 9.23 Å². The number of hydrogen-bond donors (Lipinski definition) is 0. The van der Waals surface area contributed by atoms with Gasteiger partial charge in [-0.3, -0.25) is 0 Å². The Morgan fingerprint density at radius 2 is 0.667 bits per heavy atom. The molecule has 0 radical (unpaired) electrons. The molecular weight excluding hydrogens is 256 g/mol. The summed E-state index contributed by atoms with van der Waals surface area (Å²) < 4.78 is 5.94. The highest BCUT2D eigenvalue weighted by Gasteiger charge is 2.30. The average Bonchev–Trinajstić information content (AvgIpc) is 2.07. The van der Waals surface area contributed by atoms with Crippen LogP contribution in [0, 0.1) is 21.7 Å². The van der Waals surface area contributed by atoms with Crippen LogP contribution < -0.4 is 0 Å². The van der Waals surface area contributed by atoms with Gasteiger partial charge in [-0.15, -0.1) is 0 Å². The highest BCUT2D eigenvalue weighted by molar-refractivity contribution is 5.19. The summed E-state index contributed by atoms with van der Waals surface area (Å²) in [6, 6.07) is 0. The predicted octanol–water partition coefficient (Wildman–Crippen LogP) is 6.96. The molecule has 0 saturated heterocycles. The summed E-state index contributed by atoms with van der Waals surface area (Å²) in [5, 5.41) is 0. The Morgan fingerprint density at radius 1 is 0.476 bits per heavy atom. The summed E-state index contributed by atoms with van der Waals surface area (Å²) in [6.07, 6.45) is 3.91. The molecule has 0 bridgehead atoms. The van der Waals surface area contributed by atoms with Crippen LogP contribution in [0.3, 0.4) is 0 Å². The van der Waals surface area contributed by atoms with Crippen molar-refractivity contribution in [3.05, 3.63) is 23.7 Å². The quantitative estimate of drug-likeness (QED) is 0.500. The van der Waals surface area contributed by atoms with Crippen molar-refractivity contribution in [2.24, 2.45) is 21.7 Å².